The highest BCUT2D eigenvalue weighted by atomic mass is 32.2. The van der Waals surface area contributed by atoms with E-state index in [1.807, 2.05) is 11.7 Å². The van der Waals surface area contributed by atoms with Gasteiger partial charge >= 0.3 is 0 Å². The molecule has 0 fully saturated rings. The highest BCUT2D eigenvalue weighted by Gasteiger charge is 2.11. The summed E-state index contributed by atoms with van der Waals surface area (Å²) in [6.07, 6.45) is 0. The van der Waals surface area contributed by atoms with Gasteiger partial charge in [-0.05, 0) is 17.5 Å². The van der Waals surface area contributed by atoms with Crippen LogP contribution in [0, 0.1) is 0 Å². The topological polar surface area (TPSA) is 55.6 Å². The molecule has 1 aromatic heterocycles. The van der Waals surface area contributed by atoms with Crippen LogP contribution in [0.3, 0.4) is 0 Å². The summed E-state index contributed by atoms with van der Waals surface area (Å²) in [7, 11) is 8.44. The van der Waals surface area contributed by atoms with Gasteiger partial charge in [-0.25, -0.2) is 4.68 Å². The maximum atomic E-state index is 4.02. The lowest BCUT2D eigenvalue weighted by Crippen LogP contribution is -2.37. The second kappa shape index (κ2) is 6.17. The van der Waals surface area contributed by atoms with E-state index in [0.29, 0.717) is 0 Å². The van der Waals surface area contributed by atoms with Crippen molar-refractivity contribution in [1.82, 2.24) is 25.5 Å². The van der Waals surface area contributed by atoms with Crippen LogP contribution in [0.15, 0.2) is 5.16 Å². The molecule has 1 aromatic rings. The minimum absolute atomic E-state index is 0.860. The fourth-order valence-corrected chi connectivity index (χ4v) is 1.94. The van der Waals surface area contributed by atoms with Crippen molar-refractivity contribution in [1.29, 1.82) is 0 Å². The van der Waals surface area contributed by atoms with E-state index in [1.54, 1.807) is 11.8 Å². The summed E-state index contributed by atoms with van der Waals surface area (Å²) in [6, 6.07) is 0. The maximum Gasteiger partial charge on any atom is 0.209 e. The number of hydrogen-bond acceptors (Lipinski definition) is 5. The standard InChI is InChI=1S/C9H21N6S/c1-10-5-8-16-9-11-12-13-14(9)6-7-15(2,3)4/h10H,5-8H2,1-4H3/q+1. The Balaban J connectivity index is 2.44. The summed E-state index contributed by atoms with van der Waals surface area (Å²) in [5.74, 6) is 0.987. The van der Waals surface area contributed by atoms with Gasteiger partial charge in [-0.1, -0.05) is 11.8 Å². The van der Waals surface area contributed by atoms with Crippen LogP contribution in [0.2, 0.25) is 0 Å². The van der Waals surface area contributed by atoms with Gasteiger partial charge in [0, 0.05) is 12.3 Å². The van der Waals surface area contributed by atoms with Crippen LogP contribution in [0.1, 0.15) is 0 Å². The Kier molecular flexibility index (Phi) is 5.17. The van der Waals surface area contributed by atoms with E-state index in [9.17, 15) is 0 Å². The first-order valence-electron chi connectivity index (χ1n) is 5.37. The van der Waals surface area contributed by atoms with Crippen molar-refractivity contribution in [3.05, 3.63) is 0 Å². The van der Waals surface area contributed by atoms with Crippen molar-refractivity contribution < 1.29 is 4.48 Å². The highest BCUT2D eigenvalue weighted by Crippen LogP contribution is 2.12. The third-order valence-electron chi connectivity index (χ3n) is 2.06. The SMILES string of the molecule is CNCCSc1nnnn1CC[N+](C)(C)C. The largest absolute Gasteiger partial charge is 0.329 e. The number of hydrogen-bond donors (Lipinski definition) is 1. The molecule has 0 aliphatic carbocycles. The first kappa shape index (κ1) is 13.4. The average molecular weight is 245 g/mol. The normalized spacial score (nSPS) is 12.0. The Hall–Kier alpha value is -0.660. The van der Waals surface area contributed by atoms with Gasteiger partial charge in [0.2, 0.25) is 5.16 Å². The number of rotatable bonds is 7. The Morgan fingerprint density at radius 1 is 1.38 bits per heavy atom. The number of aromatic nitrogens is 4. The van der Waals surface area contributed by atoms with Crippen molar-refractivity contribution >= 4 is 11.8 Å². The van der Waals surface area contributed by atoms with Crippen molar-refractivity contribution in [2.24, 2.45) is 0 Å². The van der Waals surface area contributed by atoms with Gasteiger partial charge in [0.25, 0.3) is 0 Å². The number of likely N-dealkylation sites (N-methyl/N-ethyl adjacent to an activating group) is 1. The highest BCUT2D eigenvalue weighted by molar-refractivity contribution is 7.99. The molecule has 0 radical (unpaired) electrons. The predicted molar refractivity (Wildman–Crippen MR) is 65.4 cm³/mol. The fraction of sp³-hybridized carbons (Fsp3) is 0.889. The molecule has 0 atom stereocenters. The van der Waals surface area contributed by atoms with Crippen molar-refractivity contribution in [3.63, 3.8) is 0 Å². The third-order valence-corrected chi connectivity index (χ3v) is 3.02. The Morgan fingerprint density at radius 3 is 2.75 bits per heavy atom. The number of nitrogens with one attached hydrogen (secondary N) is 1. The van der Waals surface area contributed by atoms with Crippen molar-refractivity contribution in [2.45, 2.75) is 11.7 Å². The first-order valence-corrected chi connectivity index (χ1v) is 6.35. The molecule has 1 rings (SSSR count). The molecule has 1 N–H and O–H groups in total. The zero-order valence-corrected chi connectivity index (χ0v) is 11.3. The molecular weight excluding hydrogens is 224 g/mol. The summed E-state index contributed by atoms with van der Waals surface area (Å²) in [5, 5.41) is 15.7. The van der Waals surface area contributed by atoms with Crippen LogP contribution in [-0.4, -0.2) is 71.7 Å². The minimum atomic E-state index is 0.860. The van der Waals surface area contributed by atoms with Gasteiger partial charge in [0.1, 0.15) is 0 Å². The van der Waals surface area contributed by atoms with E-state index in [4.69, 9.17) is 0 Å². The average Bonchev–Trinajstić information content (AvgIpc) is 2.62. The van der Waals surface area contributed by atoms with E-state index in [1.165, 1.54) is 0 Å². The molecular formula is C9H21N6S+. The van der Waals surface area contributed by atoms with Crippen LogP contribution >= 0.6 is 11.8 Å². The molecule has 0 aliphatic heterocycles. The molecule has 1 heterocycles. The lowest BCUT2D eigenvalue weighted by atomic mass is 10.5. The molecule has 0 saturated carbocycles. The number of quaternary nitrogens is 1. The van der Waals surface area contributed by atoms with Crippen LogP contribution in [0.25, 0.3) is 0 Å². The maximum absolute atomic E-state index is 4.02. The molecule has 0 spiro atoms. The Labute approximate surface area is 101 Å². The number of thioether (sulfide) groups is 1. The van der Waals surface area contributed by atoms with Gasteiger partial charge in [-0.15, -0.1) is 5.10 Å². The summed E-state index contributed by atoms with van der Waals surface area (Å²) in [4.78, 5) is 0. The molecule has 0 aliphatic rings. The van der Waals surface area contributed by atoms with Gasteiger partial charge in [-0.2, -0.15) is 0 Å². The molecule has 0 aromatic carbocycles. The summed E-state index contributed by atoms with van der Waals surface area (Å²) in [5.41, 5.74) is 0. The Bertz CT molecular complexity index is 305. The smallest absolute Gasteiger partial charge is 0.209 e. The summed E-state index contributed by atoms with van der Waals surface area (Å²) < 4.78 is 2.80. The van der Waals surface area contributed by atoms with E-state index in [0.717, 1.165) is 35.0 Å². The van der Waals surface area contributed by atoms with Crippen LogP contribution in [0.4, 0.5) is 0 Å². The number of nitrogens with zero attached hydrogens (tertiary/aromatic N) is 5. The summed E-state index contributed by atoms with van der Waals surface area (Å²) >= 11 is 1.69. The molecule has 0 amide bonds. The van der Waals surface area contributed by atoms with Gasteiger partial charge in [0.15, 0.2) is 0 Å². The van der Waals surface area contributed by atoms with E-state index < -0.39 is 0 Å². The molecule has 0 unspecified atom stereocenters. The zero-order chi connectivity index (χ0) is 12.0. The Morgan fingerprint density at radius 2 is 2.12 bits per heavy atom. The monoisotopic (exact) mass is 245 g/mol. The van der Waals surface area contributed by atoms with E-state index in [2.05, 4.69) is 42.0 Å². The predicted octanol–water partition coefficient (Wildman–Crippen LogP) is -0.309. The molecule has 16 heavy (non-hydrogen) atoms. The fourth-order valence-electron chi connectivity index (χ4n) is 1.08. The van der Waals surface area contributed by atoms with Gasteiger partial charge in [-0.3, -0.25) is 0 Å². The van der Waals surface area contributed by atoms with E-state index in [-0.39, 0.29) is 0 Å². The quantitative estimate of drug-likeness (QED) is 0.406. The second-order valence-electron chi connectivity index (χ2n) is 4.65. The van der Waals surface area contributed by atoms with Crippen molar-refractivity contribution in [2.75, 3.05) is 47.0 Å². The molecule has 92 valence electrons. The molecule has 6 nitrogen and oxygen atoms in total. The minimum Gasteiger partial charge on any atom is -0.329 e. The first-order chi connectivity index (χ1) is 7.53. The van der Waals surface area contributed by atoms with Crippen LogP contribution in [0.5, 0.6) is 0 Å². The lowest BCUT2D eigenvalue weighted by molar-refractivity contribution is -0.871. The lowest BCUT2D eigenvalue weighted by Gasteiger charge is -2.23. The number of tetrazole rings is 1. The molecule has 0 bridgehead atoms. The third kappa shape index (κ3) is 4.91. The van der Waals surface area contributed by atoms with Gasteiger partial charge in [0.05, 0.1) is 34.2 Å². The summed E-state index contributed by atoms with van der Waals surface area (Å²) in [6.45, 7) is 2.84. The van der Waals surface area contributed by atoms with Crippen LogP contribution in [-0.2, 0) is 6.54 Å². The van der Waals surface area contributed by atoms with Gasteiger partial charge < -0.3 is 9.80 Å². The van der Waals surface area contributed by atoms with Crippen molar-refractivity contribution in [3.8, 4) is 0 Å². The molecule has 7 heteroatoms. The van der Waals surface area contributed by atoms with Crippen LogP contribution < -0.4 is 5.32 Å². The second-order valence-corrected chi connectivity index (χ2v) is 5.71. The van der Waals surface area contributed by atoms with E-state index >= 15 is 0 Å². The molecule has 0 saturated heterocycles. The zero-order valence-electron chi connectivity index (χ0n) is 10.5.